The van der Waals surface area contributed by atoms with Gasteiger partial charge in [-0.15, -0.1) is 0 Å². The highest BCUT2D eigenvalue weighted by atomic mass is 16.5. The number of benzene rings is 1. The number of aryl methyl sites for hydroxylation is 3. The molecule has 0 spiro atoms. The maximum Gasteiger partial charge on any atom is 0.101 e. The van der Waals surface area contributed by atoms with Crippen LogP contribution in [0.1, 0.15) is 42.1 Å². The van der Waals surface area contributed by atoms with Crippen LogP contribution in [0.4, 0.5) is 0 Å². The molecule has 1 aliphatic rings. The van der Waals surface area contributed by atoms with Crippen LogP contribution in [-0.2, 0) is 24.9 Å². The van der Waals surface area contributed by atoms with Gasteiger partial charge in [-0.3, -0.25) is 9.36 Å². The lowest BCUT2D eigenvalue weighted by atomic mass is 10.00. The third-order valence-electron chi connectivity index (χ3n) is 5.51. The highest BCUT2D eigenvalue weighted by Gasteiger charge is 2.33. The minimum absolute atomic E-state index is 0.0585. The quantitative estimate of drug-likeness (QED) is 0.766. The van der Waals surface area contributed by atoms with E-state index in [0.29, 0.717) is 0 Å². The van der Waals surface area contributed by atoms with Gasteiger partial charge in [0.05, 0.1) is 16.9 Å². The molecule has 1 N–H and O–H groups in total. The summed E-state index contributed by atoms with van der Waals surface area (Å²) in [6, 6.07) is 8.73. The molecule has 1 aliphatic heterocycles. The fourth-order valence-corrected chi connectivity index (χ4v) is 4.08. The largest absolute Gasteiger partial charge is 0.372 e. The maximum atomic E-state index is 6.09. The first kappa shape index (κ1) is 17.2. The van der Waals surface area contributed by atoms with Crippen molar-refractivity contribution >= 4 is 10.9 Å². The van der Waals surface area contributed by atoms with Crippen molar-refractivity contribution < 1.29 is 4.74 Å². The molecule has 138 valence electrons. The van der Waals surface area contributed by atoms with Gasteiger partial charge in [-0.25, -0.2) is 0 Å². The smallest absolute Gasteiger partial charge is 0.101 e. The van der Waals surface area contributed by atoms with Gasteiger partial charge in [0.15, 0.2) is 0 Å². The Morgan fingerprint density at radius 1 is 1.23 bits per heavy atom. The molecule has 0 radical (unpaired) electrons. The predicted octanol–water partition coefficient (Wildman–Crippen LogP) is 3.03. The molecule has 0 aliphatic carbocycles. The standard InChI is InChI=1S/C20H27N5O/c1-5-25-18-9-7-6-8-15(18)17(23-25)12-21-16-10-11-26-20(16)19-13(2)22-24(4)14(19)3/h6-9,16,20-21H,5,10-12H2,1-4H3/t16-,20-/m0/s1. The molecule has 0 saturated carbocycles. The van der Waals surface area contributed by atoms with Crippen LogP contribution < -0.4 is 5.32 Å². The van der Waals surface area contributed by atoms with Crippen LogP contribution in [0, 0.1) is 13.8 Å². The topological polar surface area (TPSA) is 56.9 Å². The number of nitrogens with zero attached hydrogens (tertiary/aromatic N) is 4. The van der Waals surface area contributed by atoms with Crippen LogP contribution in [0.25, 0.3) is 10.9 Å². The number of ether oxygens (including phenoxy) is 1. The van der Waals surface area contributed by atoms with Crippen molar-refractivity contribution in [1.82, 2.24) is 24.9 Å². The Morgan fingerprint density at radius 3 is 2.77 bits per heavy atom. The summed E-state index contributed by atoms with van der Waals surface area (Å²) in [6.45, 7) is 8.72. The second-order valence-electron chi connectivity index (χ2n) is 7.06. The van der Waals surface area contributed by atoms with Gasteiger partial charge < -0.3 is 10.1 Å². The summed E-state index contributed by atoms with van der Waals surface area (Å²) in [5, 5.41) is 14.3. The summed E-state index contributed by atoms with van der Waals surface area (Å²) in [7, 11) is 1.99. The van der Waals surface area contributed by atoms with Gasteiger partial charge >= 0.3 is 0 Å². The lowest BCUT2D eigenvalue weighted by molar-refractivity contribution is 0.0973. The molecule has 26 heavy (non-hydrogen) atoms. The second-order valence-corrected chi connectivity index (χ2v) is 7.06. The molecule has 2 aromatic heterocycles. The van der Waals surface area contributed by atoms with E-state index >= 15 is 0 Å². The predicted molar refractivity (Wildman–Crippen MR) is 102 cm³/mol. The van der Waals surface area contributed by atoms with Crippen LogP contribution >= 0.6 is 0 Å². The maximum absolute atomic E-state index is 6.09. The first-order chi connectivity index (χ1) is 12.6. The van der Waals surface area contributed by atoms with Gasteiger partial charge in [-0.1, -0.05) is 18.2 Å². The summed E-state index contributed by atoms with van der Waals surface area (Å²) in [4.78, 5) is 0. The SMILES string of the molecule is CCn1nc(CN[C@H]2CCO[C@@H]2c2c(C)nn(C)c2C)c2ccccc21. The lowest BCUT2D eigenvalue weighted by Crippen LogP contribution is -2.32. The van der Waals surface area contributed by atoms with Gasteiger partial charge in [0.25, 0.3) is 0 Å². The van der Waals surface area contributed by atoms with Gasteiger partial charge in [0.1, 0.15) is 6.10 Å². The monoisotopic (exact) mass is 353 g/mol. The molecule has 3 aromatic rings. The van der Waals surface area contributed by atoms with E-state index in [0.717, 1.165) is 37.5 Å². The minimum Gasteiger partial charge on any atom is -0.372 e. The molecule has 0 amide bonds. The molecule has 0 unspecified atom stereocenters. The van der Waals surface area contributed by atoms with Crippen molar-refractivity contribution in [2.24, 2.45) is 7.05 Å². The molecular weight excluding hydrogens is 326 g/mol. The third kappa shape index (κ3) is 2.83. The van der Waals surface area contributed by atoms with Gasteiger partial charge in [-0.2, -0.15) is 10.2 Å². The third-order valence-corrected chi connectivity index (χ3v) is 5.51. The number of hydrogen-bond donors (Lipinski definition) is 1. The van der Waals surface area contributed by atoms with Crippen molar-refractivity contribution in [1.29, 1.82) is 0 Å². The van der Waals surface area contributed by atoms with Crippen molar-refractivity contribution in [3.63, 3.8) is 0 Å². The Labute approximate surface area is 154 Å². The molecule has 6 heteroatoms. The van der Waals surface area contributed by atoms with E-state index in [2.05, 4.69) is 60.1 Å². The normalized spacial score (nSPS) is 20.3. The molecule has 1 aromatic carbocycles. The van der Waals surface area contributed by atoms with Gasteiger partial charge in [0, 0.05) is 49.4 Å². The molecule has 1 fully saturated rings. The highest BCUT2D eigenvalue weighted by Crippen LogP contribution is 2.33. The van der Waals surface area contributed by atoms with Crippen LogP contribution in [0.2, 0.25) is 0 Å². The summed E-state index contributed by atoms with van der Waals surface area (Å²) in [5.41, 5.74) is 5.77. The van der Waals surface area contributed by atoms with E-state index in [1.54, 1.807) is 0 Å². The van der Waals surface area contributed by atoms with Crippen LogP contribution in [0.5, 0.6) is 0 Å². The fraction of sp³-hybridized carbons (Fsp3) is 0.500. The van der Waals surface area contributed by atoms with Crippen molar-refractivity contribution in [2.45, 2.75) is 52.4 Å². The van der Waals surface area contributed by atoms with E-state index in [-0.39, 0.29) is 12.1 Å². The molecule has 1 saturated heterocycles. The summed E-state index contributed by atoms with van der Waals surface area (Å²) in [6.07, 6.45) is 1.06. The number of para-hydroxylation sites is 1. The van der Waals surface area contributed by atoms with E-state index in [1.165, 1.54) is 22.2 Å². The first-order valence-corrected chi connectivity index (χ1v) is 9.39. The van der Waals surface area contributed by atoms with Crippen molar-refractivity contribution in [3.8, 4) is 0 Å². The van der Waals surface area contributed by atoms with Crippen LogP contribution in [0.15, 0.2) is 24.3 Å². The van der Waals surface area contributed by atoms with Gasteiger partial charge in [0.2, 0.25) is 0 Å². The van der Waals surface area contributed by atoms with Crippen molar-refractivity contribution in [2.75, 3.05) is 6.61 Å². The zero-order valence-corrected chi connectivity index (χ0v) is 16.0. The average Bonchev–Trinajstić information content (AvgIpc) is 3.30. The van der Waals surface area contributed by atoms with Crippen LogP contribution in [-0.4, -0.2) is 32.2 Å². The molecule has 2 atom stereocenters. The zero-order valence-electron chi connectivity index (χ0n) is 16.0. The molecule has 0 bridgehead atoms. The molecular formula is C20H27N5O. The minimum atomic E-state index is 0.0585. The lowest BCUT2D eigenvalue weighted by Gasteiger charge is -2.20. The molecule has 3 heterocycles. The Bertz CT molecular complexity index is 926. The number of nitrogens with one attached hydrogen (secondary N) is 1. The van der Waals surface area contributed by atoms with Crippen molar-refractivity contribution in [3.05, 3.63) is 46.9 Å². The van der Waals surface area contributed by atoms with E-state index < -0.39 is 0 Å². The van der Waals surface area contributed by atoms with E-state index in [9.17, 15) is 0 Å². The Balaban J connectivity index is 1.56. The fourth-order valence-electron chi connectivity index (χ4n) is 4.08. The molecule has 4 rings (SSSR count). The molecule has 6 nitrogen and oxygen atoms in total. The highest BCUT2D eigenvalue weighted by molar-refractivity contribution is 5.81. The van der Waals surface area contributed by atoms with Gasteiger partial charge in [-0.05, 0) is 33.3 Å². The number of fused-ring (bicyclic) bond motifs is 1. The zero-order chi connectivity index (χ0) is 18.3. The summed E-state index contributed by atoms with van der Waals surface area (Å²) >= 11 is 0. The van der Waals surface area contributed by atoms with Crippen LogP contribution in [0.3, 0.4) is 0 Å². The first-order valence-electron chi connectivity index (χ1n) is 9.39. The Morgan fingerprint density at radius 2 is 2.04 bits per heavy atom. The summed E-state index contributed by atoms with van der Waals surface area (Å²) in [5.74, 6) is 0. The number of hydrogen-bond acceptors (Lipinski definition) is 4. The Hall–Kier alpha value is -2.18. The second kappa shape index (κ2) is 6.85. The number of aromatic nitrogens is 4. The number of rotatable bonds is 5. The Kier molecular flexibility index (Phi) is 4.54. The summed E-state index contributed by atoms with van der Waals surface area (Å²) < 4.78 is 10.1. The van der Waals surface area contributed by atoms with E-state index in [4.69, 9.17) is 9.84 Å². The average molecular weight is 353 g/mol. The van der Waals surface area contributed by atoms with E-state index in [1.807, 2.05) is 11.7 Å².